The molecule has 7 heteroatoms. The number of rotatable bonds is 7. The molecule has 0 saturated carbocycles. The molecule has 0 heterocycles. The Morgan fingerprint density at radius 1 is 1.20 bits per heavy atom. The van der Waals surface area contributed by atoms with E-state index in [2.05, 4.69) is 4.72 Å². The van der Waals surface area contributed by atoms with Gasteiger partial charge < -0.3 is 0 Å². The molecule has 0 aromatic heterocycles. The van der Waals surface area contributed by atoms with Crippen LogP contribution in [0.15, 0.2) is 23.1 Å². The zero-order chi connectivity index (χ0) is 15.3. The lowest BCUT2D eigenvalue weighted by molar-refractivity contribution is 0.460. The van der Waals surface area contributed by atoms with Crippen LogP contribution in [0.2, 0.25) is 10.0 Å². The standard InChI is InChI=1S/C13H18Cl3NO2S/c1-3-9(4-2)12(16)8-17-20(18,19)13-7-10(14)5-6-11(13)15/h5-7,9,12,17H,3-4,8H2,1-2H3. The first kappa shape index (κ1) is 18.1. The summed E-state index contributed by atoms with van der Waals surface area (Å²) in [5.74, 6) is 0.272. The van der Waals surface area contributed by atoms with Crippen molar-refractivity contribution in [1.82, 2.24) is 4.72 Å². The molecule has 0 aliphatic rings. The lowest BCUT2D eigenvalue weighted by Crippen LogP contribution is -2.33. The number of hydrogen-bond donors (Lipinski definition) is 1. The van der Waals surface area contributed by atoms with E-state index < -0.39 is 10.0 Å². The van der Waals surface area contributed by atoms with Gasteiger partial charge in [-0.3, -0.25) is 0 Å². The summed E-state index contributed by atoms with van der Waals surface area (Å²) in [4.78, 5) is -0.0277. The van der Waals surface area contributed by atoms with Crippen molar-refractivity contribution in [2.75, 3.05) is 6.54 Å². The van der Waals surface area contributed by atoms with Gasteiger partial charge in [0.05, 0.1) is 5.02 Å². The smallest absolute Gasteiger partial charge is 0.210 e. The first-order valence-corrected chi connectivity index (χ1v) is 9.08. The number of benzene rings is 1. The van der Waals surface area contributed by atoms with Crippen molar-refractivity contribution in [3.8, 4) is 0 Å². The number of sulfonamides is 1. The summed E-state index contributed by atoms with van der Waals surface area (Å²) in [6.07, 6.45) is 1.81. The van der Waals surface area contributed by atoms with Gasteiger partial charge in [-0.15, -0.1) is 11.6 Å². The van der Waals surface area contributed by atoms with Crippen LogP contribution in [0.1, 0.15) is 26.7 Å². The fourth-order valence-electron chi connectivity index (χ4n) is 1.92. The molecule has 1 unspecified atom stereocenters. The highest BCUT2D eigenvalue weighted by Crippen LogP contribution is 2.25. The molecule has 0 radical (unpaired) electrons. The Labute approximate surface area is 135 Å². The number of hydrogen-bond acceptors (Lipinski definition) is 2. The van der Waals surface area contributed by atoms with E-state index >= 15 is 0 Å². The van der Waals surface area contributed by atoms with Crippen molar-refractivity contribution in [3.05, 3.63) is 28.2 Å². The second kappa shape index (κ2) is 7.85. The highest BCUT2D eigenvalue weighted by Gasteiger charge is 2.22. The maximum absolute atomic E-state index is 12.2. The molecule has 0 amide bonds. The second-order valence-corrected chi connectivity index (χ2v) is 7.66. The number of nitrogens with one attached hydrogen (secondary N) is 1. The molecule has 0 spiro atoms. The van der Waals surface area contributed by atoms with Crippen molar-refractivity contribution in [2.45, 2.75) is 37.0 Å². The van der Waals surface area contributed by atoms with E-state index in [1.165, 1.54) is 18.2 Å². The Morgan fingerprint density at radius 2 is 1.80 bits per heavy atom. The maximum Gasteiger partial charge on any atom is 0.242 e. The molecule has 1 N–H and O–H groups in total. The third-order valence-electron chi connectivity index (χ3n) is 3.21. The molecule has 0 bridgehead atoms. The SMILES string of the molecule is CCC(CC)C(Cl)CNS(=O)(=O)c1cc(Cl)ccc1Cl. The zero-order valence-electron chi connectivity index (χ0n) is 11.4. The summed E-state index contributed by atoms with van der Waals surface area (Å²) < 4.78 is 26.9. The van der Waals surface area contributed by atoms with Crippen molar-refractivity contribution >= 4 is 44.8 Å². The third kappa shape index (κ3) is 4.78. The quantitative estimate of drug-likeness (QED) is 0.738. The van der Waals surface area contributed by atoms with Crippen LogP contribution in [0.3, 0.4) is 0 Å². The minimum absolute atomic E-state index is 0.0277. The monoisotopic (exact) mass is 357 g/mol. The van der Waals surface area contributed by atoms with Crippen molar-refractivity contribution in [1.29, 1.82) is 0 Å². The molecule has 0 saturated heterocycles. The van der Waals surface area contributed by atoms with Crippen molar-refractivity contribution < 1.29 is 8.42 Å². The molecule has 0 aliphatic carbocycles. The Morgan fingerprint density at radius 3 is 2.35 bits per heavy atom. The molecular weight excluding hydrogens is 341 g/mol. The molecule has 0 fully saturated rings. The Bertz CT molecular complexity index is 545. The summed E-state index contributed by atoms with van der Waals surface area (Å²) in [6.45, 7) is 4.23. The topological polar surface area (TPSA) is 46.2 Å². The lowest BCUT2D eigenvalue weighted by Gasteiger charge is -2.19. The van der Waals surface area contributed by atoms with Gasteiger partial charge in [-0.05, 0) is 24.1 Å². The number of alkyl halides is 1. The molecule has 114 valence electrons. The average molecular weight is 359 g/mol. The minimum Gasteiger partial charge on any atom is -0.210 e. The summed E-state index contributed by atoms with van der Waals surface area (Å²) in [7, 11) is -3.71. The van der Waals surface area contributed by atoms with Crippen LogP contribution < -0.4 is 4.72 Å². The van der Waals surface area contributed by atoms with Gasteiger partial charge in [0.2, 0.25) is 10.0 Å². The van der Waals surface area contributed by atoms with Gasteiger partial charge in [0.15, 0.2) is 0 Å². The van der Waals surface area contributed by atoms with Gasteiger partial charge in [0, 0.05) is 16.9 Å². The molecular formula is C13H18Cl3NO2S. The van der Waals surface area contributed by atoms with Gasteiger partial charge in [0.1, 0.15) is 4.90 Å². The van der Waals surface area contributed by atoms with E-state index in [1.807, 2.05) is 13.8 Å². The summed E-state index contributed by atoms with van der Waals surface area (Å²) in [5, 5.41) is 0.200. The van der Waals surface area contributed by atoms with Gasteiger partial charge in [-0.1, -0.05) is 49.9 Å². The van der Waals surface area contributed by atoms with Gasteiger partial charge >= 0.3 is 0 Å². The largest absolute Gasteiger partial charge is 0.242 e. The lowest BCUT2D eigenvalue weighted by atomic mass is 9.99. The van der Waals surface area contributed by atoms with Crippen LogP contribution >= 0.6 is 34.8 Å². The Kier molecular flexibility index (Phi) is 7.09. The summed E-state index contributed by atoms with van der Waals surface area (Å²) >= 11 is 17.9. The molecule has 1 rings (SSSR count). The fraction of sp³-hybridized carbons (Fsp3) is 0.538. The van der Waals surface area contributed by atoms with E-state index in [1.54, 1.807) is 0 Å². The van der Waals surface area contributed by atoms with Crippen molar-refractivity contribution in [2.24, 2.45) is 5.92 Å². The number of halogens is 3. The van der Waals surface area contributed by atoms with Crippen molar-refractivity contribution in [3.63, 3.8) is 0 Å². The van der Waals surface area contributed by atoms with Crippen LogP contribution in [0.25, 0.3) is 0 Å². The van der Waals surface area contributed by atoms with Crippen LogP contribution in [0, 0.1) is 5.92 Å². The summed E-state index contributed by atoms with van der Waals surface area (Å²) in [6, 6.07) is 4.32. The first-order chi connectivity index (χ1) is 9.31. The van der Waals surface area contributed by atoms with Crippen LogP contribution in [-0.4, -0.2) is 20.3 Å². The third-order valence-corrected chi connectivity index (χ3v) is 5.86. The van der Waals surface area contributed by atoms with E-state index in [9.17, 15) is 8.42 Å². The Balaban J connectivity index is 2.83. The van der Waals surface area contributed by atoms with Gasteiger partial charge in [-0.25, -0.2) is 13.1 Å². The highest BCUT2D eigenvalue weighted by atomic mass is 35.5. The van der Waals surface area contributed by atoms with Crippen LogP contribution in [0.4, 0.5) is 0 Å². The van der Waals surface area contributed by atoms with Crippen LogP contribution in [0.5, 0.6) is 0 Å². The highest BCUT2D eigenvalue weighted by molar-refractivity contribution is 7.89. The van der Waals surface area contributed by atoms with Gasteiger partial charge in [-0.2, -0.15) is 0 Å². The predicted molar refractivity (Wildman–Crippen MR) is 85.4 cm³/mol. The predicted octanol–water partition coefficient (Wildman–Crippen LogP) is 4.32. The normalized spacial score (nSPS) is 13.7. The molecule has 0 aliphatic heterocycles. The summed E-state index contributed by atoms with van der Waals surface area (Å²) in [5.41, 5.74) is 0. The van der Waals surface area contributed by atoms with Crippen LogP contribution in [-0.2, 0) is 10.0 Å². The minimum atomic E-state index is -3.71. The average Bonchev–Trinajstić information content (AvgIpc) is 2.40. The van der Waals surface area contributed by atoms with E-state index in [0.29, 0.717) is 5.02 Å². The van der Waals surface area contributed by atoms with E-state index in [4.69, 9.17) is 34.8 Å². The van der Waals surface area contributed by atoms with Gasteiger partial charge in [0.25, 0.3) is 0 Å². The van der Waals surface area contributed by atoms with E-state index in [0.717, 1.165) is 12.8 Å². The molecule has 1 aromatic carbocycles. The Hall–Kier alpha value is -0.000000000000000111. The molecule has 3 nitrogen and oxygen atoms in total. The maximum atomic E-state index is 12.2. The second-order valence-electron chi connectivity index (χ2n) is 4.52. The fourth-order valence-corrected chi connectivity index (χ4v) is 4.26. The molecule has 20 heavy (non-hydrogen) atoms. The van der Waals surface area contributed by atoms with E-state index in [-0.39, 0.29) is 27.8 Å². The first-order valence-electron chi connectivity index (χ1n) is 6.40. The molecule has 1 atom stereocenters. The molecule has 1 aromatic rings. The zero-order valence-corrected chi connectivity index (χ0v) is 14.5.